The number of hydrazone groups is 1. The minimum absolute atomic E-state index is 0.265. The second-order valence-corrected chi connectivity index (χ2v) is 6.03. The SMILES string of the molecule is COc1ccc(C=NNC(=O)c2ccc(OCCC(C)C)cc2)cc1. The van der Waals surface area contributed by atoms with Crippen molar-refractivity contribution >= 4 is 12.1 Å². The van der Waals surface area contributed by atoms with Gasteiger partial charge in [-0.3, -0.25) is 4.79 Å². The molecule has 1 N–H and O–H groups in total. The van der Waals surface area contributed by atoms with E-state index < -0.39 is 0 Å². The molecule has 0 saturated carbocycles. The molecule has 0 aromatic heterocycles. The lowest BCUT2D eigenvalue weighted by molar-refractivity contribution is 0.0955. The summed E-state index contributed by atoms with van der Waals surface area (Å²) < 4.78 is 10.7. The third-order valence-electron chi connectivity index (χ3n) is 3.58. The van der Waals surface area contributed by atoms with Gasteiger partial charge in [0.1, 0.15) is 11.5 Å². The average molecular weight is 340 g/mol. The van der Waals surface area contributed by atoms with Gasteiger partial charge < -0.3 is 9.47 Å². The molecule has 0 aliphatic rings. The summed E-state index contributed by atoms with van der Waals surface area (Å²) in [7, 11) is 1.62. The Morgan fingerprint density at radius 2 is 1.72 bits per heavy atom. The van der Waals surface area contributed by atoms with Crippen LogP contribution in [-0.4, -0.2) is 25.8 Å². The first-order chi connectivity index (χ1) is 12.1. The van der Waals surface area contributed by atoms with E-state index in [1.54, 1.807) is 37.6 Å². The molecule has 2 aromatic rings. The zero-order valence-corrected chi connectivity index (χ0v) is 14.9. The number of carbonyl (C=O) groups excluding carboxylic acids is 1. The third kappa shape index (κ3) is 6.30. The molecule has 5 heteroatoms. The maximum Gasteiger partial charge on any atom is 0.271 e. The average Bonchev–Trinajstić information content (AvgIpc) is 2.62. The Kier molecular flexibility index (Phi) is 7.01. The number of hydrogen-bond donors (Lipinski definition) is 1. The van der Waals surface area contributed by atoms with E-state index in [9.17, 15) is 4.79 Å². The van der Waals surface area contributed by atoms with Crippen molar-refractivity contribution in [3.05, 3.63) is 59.7 Å². The molecule has 2 rings (SSSR count). The van der Waals surface area contributed by atoms with Gasteiger partial charge in [-0.1, -0.05) is 13.8 Å². The van der Waals surface area contributed by atoms with E-state index in [1.165, 1.54) is 0 Å². The van der Waals surface area contributed by atoms with E-state index in [4.69, 9.17) is 9.47 Å². The minimum Gasteiger partial charge on any atom is -0.497 e. The lowest BCUT2D eigenvalue weighted by Gasteiger charge is -2.08. The number of benzene rings is 2. The molecule has 0 bridgehead atoms. The third-order valence-corrected chi connectivity index (χ3v) is 3.58. The summed E-state index contributed by atoms with van der Waals surface area (Å²) in [6, 6.07) is 14.4. The Bertz CT molecular complexity index is 692. The van der Waals surface area contributed by atoms with Crippen LogP contribution in [0.5, 0.6) is 11.5 Å². The number of rotatable bonds is 8. The number of nitrogens with zero attached hydrogens (tertiary/aromatic N) is 1. The van der Waals surface area contributed by atoms with Crippen LogP contribution in [0.2, 0.25) is 0 Å². The van der Waals surface area contributed by atoms with Crippen molar-refractivity contribution in [2.24, 2.45) is 11.0 Å². The van der Waals surface area contributed by atoms with Gasteiger partial charge >= 0.3 is 0 Å². The molecule has 5 nitrogen and oxygen atoms in total. The Labute approximate surface area is 148 Å². The van der Waals surface area contributed by atoms with E-state index in [0.29, 0.717) is 18.1 Å². The normalized spacial score (nSPS) is 10.9. The summed E-state index contributed by atoms with van der Waals surface area (Å²) in [6.45, 7) is 4.99. The predicted molar refractivity (Wildman–Crippen MR) is 99.4 cm³/mol. The highest BCUT2D eigenvalue weighted by Gasteiger charge is 2.04. The van der Waals surface area contributed by atoms with Crippen molar-refractivity contribution in [2.45, 2.75) is 20.3 Å². The predicted octanol–water partition coefficient (Wildman–Crippen LogP) is 3.88. The van der Waals surface area contributed by atoms with Crippen LogP contribution in [0.4, 0.5) is 0 Å². The molecular weight excluding hydrogens is 316 g/mol. The monoisotopic (exact) mass is 340 g/mol. The quantitative estimate of drug-likeness (QED) is 0.586. The molecule has 0 atom stereocenters. The van der Waals surface area contributed by atoms with E-state index in [1.807, 2.05) is 24.3 Å². The van der Waals surface area contributed by atoms with Crippen molar-refractivity contribution in [2.75, 3.05) is 13.7 Å². The first-order valence-corrected chi connectivity index (χ1v) is 8.29. The van der Waals surface area contributed by atoms with E-state index >= 15 is 0 Å². The highest BCUT2D eigenvalue weighted by atomic mass is 16.5. The highest BCUT2D eigenvalue weighted by molar-refractivity contribution is 5.95. The van der Waals surface area contributed by atoms with Crippen LogP contribution < -0.4 is 14.9 Å². The maximum absolute atomic E-state index is 12.1. The highest BCUT2D eigenvalue weighted by Crippen LogP contribution is 2.13. The lowest BCUT2D eigenvalue weighted by atomic mass is 10.1. The fraction of sp³-hybridized carbons (Fsp3) is 0.300. The summed E-state index contributed by atoms with van der Waals surface area (Å²) in [5.41, 5.74) is 3.91. The molecule has 0 radical (unpaired) electrons. The molecule has 0 unspecified atom stereocenters. The summed E-state index contributed by atoms with van der Waals surface area (Å²) in [5.74, 6) is 1.88. The second kappa shape index (κ2) is 9.47. The molecule has 0 spiro atoms. The van der Waals surface area contributed by atoms with Crippen LogP contribution in [0.1, 0.15) is 36.2 Å². The largest absolute Gasteiger partial charge is 0.497 e. The number of amides is 1. The fourth-order valence-electron chi connectivity index (χ4n) is 2.03. The molecule has 0 aliphatic carbocycles. The van der Waals surface area contributed by atoms with Crippen LogP contribution in [0.3, 0.4) is 0 Å². The topological polar surface area (TPSA) is 59.9 Å². The summed E-state index contributed by atoms with van der Waals surface area (Å²) >= 11 is 0. The first kappa shape index (κ1) is 18.5. The molecule has 0 saturated heterocycles. The van der Waals surface area contributed by atoms with Gasteiger partial charge in [0.05, 0.1) is 19.9 Å². The molecular formula is C20H24N2O3. The molecule has 2 aromatic carbocycles. The Hall–Kier alpha value is -2.82. The fourth-order valence-corrected chi connectivity index (χ4v) is 2.03. The summed E-state index contributed by atoms with van der Waals surface area (Å²) in [5, 5.41) is 3.97. The first-order valence-electron chi connectivity index (χ1n) is 8.29. The molecule has 0 fully saturated rings. The Morgan fingerprint density at radius 3 is 2.32 bits per heavy atom. The number of ether oxygens (including phenoxy) is 2. The van der Waals surface area contributed by atoms with Crippen molar-refractivity contribution in [3.63, 3.8) is 0 Å². The van der Waals surface area contributed by atoms with Crippen molar-refractivity contribution in [1.82, 2.24) is 5.43 Å². The van der Waals surface area contributed by atoms with Crippen molar-refractivity contribution in [3.8, 4) is 11.5 Å². The van der Waals surface area contributed by atoms with Crippen LogP contribution in [-0.2, 0) is 0 Å². The van der Waals surface area contributed by atoms with Crippen LogP contribution in [0.15, 0.2) is 53.6 Å². The standard InChI is InChI=1S/C20H24N2O3/c1-15(2)12-13-25-19-10-6-17(7-11-19)20(23)22-21-14-16-4-8-18(24-3)9-5-16/h4-11,14-15H,12-13H2,1-3H3,(H,22,23). The molecule has 0 heterocycles. The molecule has 1 amide bonds. The van der Waals surface area contributed by atoms with Crippen LogP contribution in [0, 0.1) is 5.92 Å². The maximum atomic E-state index is 12.1. The molecule has 0 aliphatic heterocycles. The van der Waals surface area contributed by atoms with Gasteiger partial charge in [0.15, 0.2) is 0 Å². The van der Waals surface area contributed by atoms with Gasteiger partial charge in [0, 0.05) is 5.56 Å². The minimum atomic E-state index is -0.265. The van der Waals surface area contributed by atoms with E-state index in [0.717, 1.165) is 23.5 Å². The van der Waals surface area contributed by atoms with Gasteiger partial charge in [-0.05, 0) is 66.4 Å². The van der Waals surface area contributed by atoms with Crippen molar-refractivity contribution in [1.29, 1.82) is 0 Å². The van der Waals surface area contributed by atoms with Crippen molar-refractivity contribution < 1.29 is 14.3 Å². The zero-order chi connectivity index (χ0) is 18.1. The second-order valence-electron chi connectivity index (χ2n) is 6.03. The lowest BCUT2D eigenvalue weighted by Crippen LogP contribution is -2.17. The smallest absolute Gasteiger partial charge is 0.271 e. The van der Waals surface area contributed by atoms with E-state index in [-0.39, 0.29) is 5.91 Å². The van der Waals surface area contributed by atoms with Gasteiger partial charge in [-0.25, -0.2) is 5.43 Å². The van der Waals surface area contributed by atoms with Gasteiger partial charge in [-0.2, -0.15) is 5.10 Å². The van der Waals surface area contributed by atoms with E-state index in [2.05, 4.69) is 24.4 Å². The number of methoxy groups -OCH3 is 1. The summed E-state index contributed by atoms with van der Waals surface area (Å²) in [4.78, 5) is 12.1. The Balaban J connectivity index is 1.84. The van der Waals surface area contributed by atoms with Gasteiger partial charge in [0.2, 0.25) is 0 Å². The number of nitrogens with one attached hydrogen (secondary N) is 1. The zero-order valence-electron chi connectivity index (χ0n) is 14.9. The summed E-state index contributed by atoms with van der Waals surface area (Å²) in [6.07, 6.45) is 2.59. The number of hydrogen-bond acceptors (Lipinski definition) is 4. The van der Waals surface area contributed by atoms with Crippen LogP contribution in [0.25, 0.3) is 0 Å². The molecule has 132 valence electrons. The van der Waals surface area contributed by atoms with Gasteiger partial charge in [0.25, 0.3) is 5.91 Å². The molecule has 25 heavy (non-hydrogen) atoms. The van der Waals surface area contributed by atoms with Crippen LogP contribution >= 0.6 is 0 Å². The van der Waals surface area contributed by atoms with Gasteiger partial charge in [-0.15, -0.1) is 0 Å². The number of carbonyl (C=O) groups is 1. The Morgan fingerprint density at radius 1 is 1.08 bits per heavy atom.